The van der Waals surface area contributed by atoms with E-state index in [4.69, 9.17) is 14.2 Å². The van der Waals surface area contributed by atoms with Gasteiger partial charge in [0.05, 0.1) is 6.10 Å². The van der Waals surface area contributed by atoms with Crippen LogP contribution in [0.25, 0.3) is 0 Å². The Bertz CT molecular complexity index is 136. The molecule has 0 aromatic rings. The summed E-state index contributed by atoms with van der Waals surface area (Å²) < 4.78 is 16.1. The summed E-state index contributed by atoms with van der Waals surface area (Å²) in [6, 6.07) is 0. The van der Waals surface area contributed by atoms with Crippen LogP contribution in [0.3, 0.4) is 0 Å². The van der Waals surface area contributed by atoms with Gasteiger partial charge in [0.15, 0.2) is 6.29 Å². The predicted octanol–water partition coefficient (Wildman–Crippen LogP) is 1.42. The zero-order valence-corrected chi connectivity index (χ0v) is 8.24. The summed E-state index contributed by atoms with van der Waals surface area (Å²) in [4.78, 5) is 0. The molecule has 1 saturated heterocycles. The zero-order chi connectivity index (χ0) is 9.14. The molecule has 0 unspecified atom stereocenters. The van der Waals surface area contributed by atoms with Gasteiger partial charge in [-0.3, -0.25) is 0 Å². The van der Waals surface area contributed by atoms with Crippen LogP contribution in [-0.2, 0) is 14.2 Å². The van der Waals surface area contributed by atoms with Gasteiger partial charge in [-0.05, 0) is 6.42 Å². The highest BCUT2D eigenvalue weighted by atomic mass is 16.7. The number of rotatable bonds is 3. The van der Waals surface area contributed by atoms with E-state index in [-0.39, 0.29) is 18.5 Å². The third-order valence-corrected chi connectivity index (χ3v) is 2.59. The summed E-state index contributed by atoms with van der Waals surface area (Å²) in [7, 11) is 3.36. The topological polar surface area (TPSA) is 27.7 Å². The first-order valence-corrected chi connectivity index (χ1v) is 4.45. The van der Waals surface area contributed by atoms with Crippen molar-refractivity contribution in [1.29, 1.82) is 0 Å². The average molecular weight is 174 g/mol. The fourth-order valence-corrected chi connectivity index (χ4v) is 1.82. The van der Waals surface area contributed by atoms with Gasteiger partial charge >= 0.3 is 0 Å². The Labute approximate surface area is 74.0 Å². The Kier molecular flexibility index (Phi) is 3.50. The van der Waals surface area contributed by atoms with Crippen LogP contribution >= 0.6 is 0 Å². The lowest BCUT2D eigenvalue weighted by atomic mass is 9.99. The van der Waals surface area contributed by atoms with E-state index in [2.05, 4.69) is 13.8 Å². The van der Waals surface area contributed by atoms with E-state index in [0.29, 0.717) is 5.92 Å². The second-order valence-corrected chi connectivity index (χ2v) is 3.25. The van der Waals surface area contributed by atoms with Crippen molar-refractivity contribution in [2.75, 3.05) is 14.2 Å². The van der Waals surface area contributed by atoms with Gasteiger partial charge in [-0.25, -0.2) is 0 Å². The molecule has 0 aromatic carbocycles. The van der Waals surface area contributed by atoms with Gasteiger partial charge < -0.3 is 14.2 Å². The Morgan fingerprint density at radius 3 is 2.25 bits per heavy atom. The maximum absolute atomic E-state index is 5.63. The summed E-state index contributed by atoms with van der Waals surface area (Å²) in [5.41, 5.74) is 0. The smallest absolute Gasteiger partial charge is 0.184 e. The zero-order valence-electron chi connectivity index (χ0n) is 8.24. The largest absolute Gasteiger partial charge is 0.376 e. The second-order valence-electron chi connectivity index (χ2n) is 3.25. The first-order chi connectivity index (χ1) is 5.74. The highest BCUT2D eigenvalue weighted by molar-refractivity contribution is 4.83. The number of ether oxygens (including phenoxy) is 3. The molecule has 0 aliphatic carbocycles. The summed E-state index contributed by atoms with van der Waals surface area (Å²) in [5, 5.41) is 0. The molecule has 1 rings (SSSR count). The minimum Gasteiger partial charge on any atom is -0.376 e. The average Bonchev–Trinajstić information content (AvgIpc) is 2.41. The molecule has 0 amide bonds. The monoisotopic (exact) mass is 174 g/mol. The van der Waals surface area contributed by atoms with Crippen LogP contribution in [0.4, 0.5) is 0 Å². The van der Waals surface area contributed by atoms with Crippen molar-refractivity contribution >= 4 is 0 Å². The van der Waals surface area contributed by atoms with Crippen molar-refractivity contribution in [3.05, 3.63) is 0 Å². The Balaban J connectivity index is 2.58. The molecule has 0 spiro atoms. The molecule has 0 bridgehead atoms. The molecule has 0 radical (unpaired) electrons. The molecule has 0 saturated carbocycles. The van der Waals surface area contributed by atoms with E-state index in [1.807, 2.05) is 0 Å². The van der Waals surface area contributed by atoms with Crippen LogP contribution in [0, 0.1) is 5.92 Å². The summed E-state index contributed by atoms with van der Waals surface area (Å²) >= 11 is 0. The maximum atomic E-state index is 5.63. The van der Waals surface area contributed by atoms with E-state index in [0.717, 1.165) is 6.42 Å². The molecule has 1 aliphatic rings. The molecule has 1 fully saturated rings. The summed E-state index contributed by atoms with van der Waals surface area (Å²) in [5.74, 6) is 0.421. The lowest BCUT2D eigenvalue weighted by Crippen LogP contribution is -2.29. The lowest BCUT2D eigenvalue weighted by Gasteiger charge is -2.17. The van der Waals surface area contributed by atoms with Crippen molar-refractivity contribution in [3.63, 3.8) is 0 Å². The third kappa shape index (κ3) is 1.63. The van der Waals surface area contributed by atoms with Gasteiger partial charge in [-0.1, -0.05) is 13.8 Å². The van der Waals surface area contributed by atoms with Gasteiger partial charge in [0, 0.05) is 20.1 Å². The number of hydrogen-bond donors (Lipinski definition) is 0. The molecule has 3 nitrogen and oxygen atoms in total. The molecular weight excluding hydrogens is 156 g/mol. The normalized spacial score (nSPS) is 42.0. The Morgan fingerprint density at radius 1 is 1.25 bits per heavy atom. The lowest BCUT2D eigenvalue weighted by molar-refractivity contribution is -0.155. The van der Waals surface area contributed by atoms with E-state index in [1.54, 1.807) is 14.2 Å². The highest BCUT2D eigenvalue weighted by Gasteiger charge is 2.41. The van der Waals surface area contributed by atoms with Crippen LogP contribution in [0.1, 0.15) is 20.3 Å². The quantitative estimate of drug-likeness (QED) is 0.647. The molecule has 0 aromatic heterocycles. The van der Waals surface area contributed by atoms with E-state index in [1.165, 1.54) is 0 Å². The van der Waals surface area contributed by atoms with E-state index in [9.17, 15) is 0 Å². The molecule has 4 atom stereocenters. The number of methoxy groups -OCH3 is 2. The molecule has 72 valence electrons. The molecule has 0 N–H and O–H groups in total. The fourth-order valence-electron chi connectivity index (χ4n) is 1.82. The maximum Gasteiger partial charge on any atom is 0.184 e. The first kappa shape index (κ1) is 9.96. The molecule has 1 heterocycles. The van der Waals surface area contributed by atoms with Crippen LogP contribution in [-0.4, -0.2) is 32.7 Å². The van der Waals surface area contributed by atoms with Crippen molar-refractivity contribution in [2.45, 2.75) is 38.8 Å². The van der Waals surface area contributed by atoms with Crippen LogP contribution in [0.2, 0.25) is 0 Å². The Morgan fingerprint density at radius 2 is 1.92 bits per heavy atom. The Hall–Kier alpha value is -0.120. The van der Waals surface area contributed by atoms with Crippen molar-refractivity contribution in [3.8, 4) is 0 Å². The minimum absolute atomic E-state index is 0.0833. The first-order valence-electron chi connectivity index (χ1n) is 4.45. The van der Waals surface area contributed by atoms with E-state index < -0.39 is 0 Å². The molecule has 3 heteroatoms. The van der Waals surface area contributed by atoms with Gasteiger partial charge in [0.1, 0.15) is 6.10 Å². The minimum atomic E-state index is -0.185. The second kappa shape index (κ2) is 4.21. The standard InChI is InChI=1S/C9H18O3/c1-5-7-6(2)8(10-3)9(11-4)12-7/h6-9H,5H2,1-4H3/t6-,7-,8+,9+/m1/s1. The van der Waals surface area contributed by atoms with Crippen molar-refractivity contribution < 1.29 is 14.2 Å². The fraction of sp³-hybridized carbons (Fsp3) is 1.00. The summed E-state index contributed by atoms with van der Waals surface area (Å²) in [6.07, 6.45) is 1.19. The molecular formula is C9H18O3. The van der Waals surface area contributed by atoms with E-state index >= 15 is 0 Å². The van der Waals surface area contributed by atoms with Crippen molar-refractivity contribution in [2.24, 2.45) is 5.92 Å². The number of hydrogen-bond acceptors (Lipinski definition) is 3. The molecule has 1 aliphatic heterocycles. The van der Waals surface area contributed by atoms with Crippen molar-refractivity contribution in [1.82, 2.24) is 0 Å². The third-order valence-electron chi connectivity index (χ3n) is 2.59. The molecule has 12 heavy (non-hydrogen) atoms. The van der Waals surface area contributed by atoms with Crippen LogP contribution in [0.15, 0.2) is 0 Å². The van der Waals surface area contributed by atoms with Gasteiger partial charge in [-0.15, -0.1) is 0 Å². The van der Waals surface area contributed by atoms with Gasteiger partial charge in [0.25, 0.3) is 0 Å². The van der Waals surface area contributed by atoms with Gasteiger partial charge in [0.2, 0.25) is 0 Å². The van der Waals surface area contributed by atoms with Crippen LogP contribution < -0.4 is 0 Å². The summed E-state index contributed by atoms with van der Waals surface area (Å²) in [6.45, 7) is 4.26. The highest BCUT2D eigenvalue weighted by Crippen LogP contribution is 2.30. The SMILES string of the molecule is CC[C@H]1O[C@H](OC)[C@@H](OC)[C@@H]1C. The van der Waals surface area contributed by atoms with Crippen LogP contribution in [0.5, 0.6) is 0 Å². The predicted molar refractivity (Wildman–Crippen MR) is 45.9 cm³/mol. The van der Waals surface area contributed by atoms with Gasteiger partial charge in [-0.2, -0.15) is 0 Å².